The van der Waals surface area contributed by atoms with Gasteiger partial charge in [-0.15, -0.1) is 0 Å². The molecule has 132 valence electrons. The molecule has 0 fully saturated rings. The van der Waals surface area contributed by atoms with Gasteiger partial charge < -0.3 is 4.90 Å². The Morgan fingerprint density at radius 2 is 1.63 bits per heavy atom. The number of carbonyl (C=O) groups excluding carboxylic acids is 1. The Morgan fingerprint density at radius 3 is 2.44 bits per heavy atom. The number of hydrogen-bond acceptors (Lipinski definition) is 3. The lowest BCUT2D eigenvalue weighted by atomic mass is 10.1. The summed E-state index contributed by atoms with van der Waals surface area (Å²) in [6.07, 6.45) is 7.63. The molecule has 4 heteroatoms. The van der Waals surface area contributed by atoms with Crippen LogP contribution in [0.1, 0.15) is 17.5 Å². The van der Waals surface area contributed by atoms with Gasteiger partial charge in [-0.2, -0.15) is 0 Å². The topological polar surface area (TPSA) is 45.6 Å². The zero-order valence-corrected chi connectivity index (χ0v) is 14.8. The summed E-state index contributed by atoms with van der Waals surface area (Å²) < 4.78 is 0. The van der Waals surface area contributed by atoms with E-state index in [4.69, 9.17) is 4.99 Å². The van der Waals surface area contributed by atoms with Gasteiger partial charge in [0.1, 0.15) is 0 Å². The van der Waals surface area contributed by atoms with E-state index in [1.807, 2.05) is 83.8 Å². The molecule has 1 aliphatic heterocycles. The molecule has 0 radical (unpaired) electrons. The van der Waals surface area contributed by atoms with Crippen molar-refractivity contribution < 1.29 is 4.79 Å². The van der Waals surface area contributed by atoms with Gasteiger partial charge in [0.25, 0.3) is 0 Å². The molecule has 0 aliphatic carbocycles. The number of carbonyl (C=O) groups is 1. The Morgan fingerprint density at radius 1 is 0.889 bits per heavy atom. The molecule has 3 aromatic rings. The Hall–Kier alpha value is -3.53. The number of hydrogen-bond donors (Lipinski definition) is 0. The lowest BCUT2D eigenvalue weighted by Crippen LogP contribution is -2.30. The van der Waals surface area contributed by atoms with Crippen molar-refractivity contribution >= 4 is 29.1 Å². The molecule has 0 bridgehead atoms. The van der Waals surface area contributed by atoms with Gasteiger partial charge in [0.15, 0.2) is 0 Å². The second kappa shape index (κ2) is 7.79. The third-order valence-corrected chi connectivity index (χ3v) is 4.43. The smallest absolute Gasteiger partial charge is 0.233 e. The number of anilines is 1. The summed E-state index contributed by atoms with van der Waals surface area (Å²) in [6, 6.07) is 21.7. The van der Waals surface area contributed by atoms with Crippen molar-refractivity contribution in [3.05, 3.63) is 96.3 Å². The van der Waals surface area contributed by atoms with Crippen LogP contribution in [0.4, 0.5) is 11.4 Å². The molecule has 27 heavy (non-hydrogen) atoms. The highest BCUT2D eigenvalue weighted by atomic mass is 16.2. The number of para-hydroxylation sites is 2. The molecule has 1 aromatic heterocycles. The molecule has 0 unspecified atom stereocenters. The molecule has 1 aliphatic rings. The monoisotopic (exact) mass is 353 g/mol. The quantitative estimate of drug-likeness (QED) is 0.676. The van der Waals surface area contributed by atoms with E-state index in [0.29, 0.717) is 6.54 Å². The second-order valence-electron chi connectivity index (χ2n) is 6.35. The summed E-state index contributed by atoms with van der Waals surface area (Å²) in [6.45, 7) is 0.535. The third kappa shape index (κ3) is 4.01. The lowest BCUT2D eigenvalue weighted by Gasteiger charge is -2.22. The molecular formula is C23H19N3O. The number of rotatable bonds is 4. The maximum atomic E-state index is 13.0. The SMILES string of the molecule is O=C1CC(/C=C/c2ccncc2)=Nc2ccccc2N1Cc1ccccc1. The summed E-state index contributed by atoms with van der Waals surface area (Å²) in [5, 5.41) is 0. The minimum absolute atomic E-state index is 0.0435. The van der Waals surface area contributed by atoms with Crippen molar-refractivity contribution in [1.82, 2.24) is 4.98 Å². The molecule has 2 heterocycles. The van der Waals surface area contributed by atoms with E-state index in [1.165, 1.54) is 0 Å². The van der Waals surface area contributed by atoms with Crippen LogP contribution in [-0.4, -0.2) is 16.6 Å². The number of aliphatic imine (C=N–C) groups is 1. The van der Waals surface area contributed by atoms with Crippen molar-refractivity contribution in [2.75, 3.05) is 4.90 Å². The molecule has 0 spiro atoms. The molecular weight excluding hydrogens is 334 g/mol. The Labute approximate surface area is 158 Å². The number of nitrogens with zero attached hydrogens (tertiary/aromatic N) is 3. The van der Waals surface area contributed by atoms with Gasteiger partial charge in [-0.3, -0.25) is 14.8 Å². The van der Waals surface area contributed by atoms with Crippen molar-refractivity contribution in [3.63, 3.8) is 0 Å². The minimum atomic E-state index is 0.0435. The van der Waals surface area contributed by atoms with E-state index in [9.17, 15) is 4.79 Å². The van der Waals surface area contributed by atoms with Gasteiger partial charge in [-0.1, -0.05) is 48.5 Å². The highest BCUT2D eigenvalue weighted by Gasteiger charge is 2.23. The van der Waals surface area contributed by atoms with Crippen LogP contribution in [0.15, 0.2) is 90.2 Å². The molecule has 0 N–H and O–H groups in total. The van der Waals surface area contributed by atoms with E-state index >= 15 is 0 Å². The van der Waals surface area contributed by atoms with Gasteiger partial charge in [-0.25, -0.2) is 0 Å². The summed E-state index contributed by atoms with van der Waals surface area (Å²) in [5.74, 6) is 0.0435. The largest absolute Gasteiger partial charge is 0.306 e. The highest BCUT2D eigenvalue weighted by molar-refractivity contribution is 6.16. The molecule has 1 amide bonds. The lowest BCUT2D eigenvalue weighted by molar-refractivity contribution is -0.117. The Bertz CT molecular complexity index is 994. The predicted molar refractivity (Wildman–Crippen MR) is 109 cm³/mol. The minimum Gasteiger partial charge on any atom is -0.306 e. The van der Waals surface area contributed by atoms with Gasteiger partial charge in [0.05, 0.1) is 30.1 Å². The van der Waals surface area contributed by atoms with E-state index in [1.54, 1.807) is 12.4 Å². The standard InChI is InChI=1S/C23H19N3O/c27-23-16-20(11-10-18-12-14-24-15-13-18)25-21-8-4-5-9-22(21)26(23)17-19-6-2-1-3-7-19/h1-15H,16-17H2/b11-10+. The van der Waals surface area contributed by atoms with Crippen LogP contribution in [0.3, 0.4) is 0 Å². The number of fused-ring (bicyclic) bond motifs is 1. The summed E-state index contributed by atoms with van der Waals surface area (Å²) in [7, 11) is 0. The average molecular weight is 353 g/mol. The van der Waals surface area contributed by atoms with Crippen LogP contribution < -0.4 is 4.90 Å². The van der Waals surface area contributed by atoms with Crippen LogP contribution in [0.5, 0.6) is 0 Å². The van der Waals surface area contributed by atoms with Crippen molar-refractivity contribution in [2.45, 2.75) is 13.0 Å². The van der Waals surface area contributed by atoms with Crippen LogP contribution in [0, 0.1) is 0 Å². The molecule has 0 saturated heterocycles. The number of aromatic nitrogens is 1. The van der Waals surface area contributed by atoms with Crippen LogP contribution in [-0.2, 0) is 11.3 Å². The normalized spacial score (nSPS) is 14.0. The molecule has 4 rings (SSSR count). The maximum absolute atomic E-state index is 13.0. The summed E-state index contributed by atoms with van der Waals surface area (Å²) >= 11 is 0. The van der Waals surface area contributed by atoms with Crippen LogP contribution in [0.2, 0.25) is 0 Å². The van der Waals surface area contributed by atoms with Gasteiger partial charge in [0, 0.05) is 12.4 Å². The van der Waals surface area contributed by atoms with Gasteiger partial charge >= 0.3 is 0 Å². The van der Waals surface area contributed by atoms with E-state index in [-0.39, 0.29) is 12.3 Å². The predicted octanol–water partition coefficient (Wildman–Crippen LogP) is 4.80. The molecule has 0 saturated carbocycles. The number of amides is 1. The van der Waals surface area contributed by atoms with Gasteiger partial charge in [0.2, 0.25) is 5.91 Å². The Kier molecular flexibility index (Phi) is 4.88. The van der Waals surface area contributed by atoms with Crippen molar-refractivity contribution in [1.29, 1.82) is 0 Å². The number of pyridine rings is 1. The van der Waals surface area contributed by atoms with Crippen LogP contribution >= 0.6 is 0 Å². The van der Waals surface area contributed by atoms with Crippen molar-refractivity contribution in [3.8, 4) is 0 Å². The molecule has 2 aromatic carbocycles. The second-order valence-corrected chi connectivity index (χ2v) is 6.35. The molecule has 4 nitrogen and oxygen atoms in total. The first-order valence-corrected chi connectivity index (χ1v) is 8.88. The van der Waals surface area contributed by atoms with Gasteiger partial charge in [-0.05, 0) is 41.5 Å². The fraction of sp³-hybridized carbons (Fsp3) is 0.0870. The van der Waals surface area contributed by atoms with E-state index in [0.717, 1.165) is 28.2 Å². The maximum Gasteiger partial charge on any atom is 0.233 e. The van der Waals surface area contributed by atoms with E-state index in [2.05, 4.69) is 4.98 Å². The summed E-state index contributed by atoms with van der Waals surface area (Å²) in [4.78, 5) is 23.6. The summed E-state index contributed by atoms with van der Waals surface area (Å²) in [5.41, 5.74) is 4.53. The fourth-order valence-corrected chi connectivity index (χ4v) is 3.07. The highest BCUT2D eigenvalue weighted by Crippen LogP contribution is 2.33. The zero-order valence-electron chi connectivity index (χ0n) is 14.8. The molecule has 0 atom stereocenters. The first kappa shape index (κ1) is 16.9. The van der Waals surface area contributed by atoms with Crippen LogP contribution in [0.25, 0.3) is 6.08 Å². The first-order chi connectivity index (χ1) is 13.3. The third-order valence-electron chi connectivity index (χ3n) is 4.43. The first-order valence-electron chi connectivity index (χ1n) is 8.88. The number of benzene rings is 2. The zero-order chi connectivity index (χ0) is 18.5. The van der Waals surface area contributed by atoms with Crippen molar-refractivity contribution in [2.24, 2.45) is 4.99 Å². The van der Waals surface area contributed by atoms with E-state index < -0.39 is 0 Å². The Balaban J connectivity index is 1.65. The average Bonchev–Trinajstić information content (AvgIpc) is 2.85. The number of allylic oxidation sites excluding steroid dienone is 1. The fourth-order valence-electron chi connectivity index (χ4n) is 3.07.